The van der Waals surface area contributed by atoms with Crippen molar-refractivity contribution >= 4 is 23.3 Å². The number of halogens is 1. The molecule has 1 N–H and O–H groups in total. The summed E-state index contributed by atoms with van der Waals surface area (Å²) in [6, 6.07) is 10.3. The second-order valence-electron chi connectivity index (χ2n) is 7.48. The smallest absolute Gasteiger partial charge is 0.413 e. The molecule has 7 heteroatoms. The molecule has 0 spiro atoms. The van der Waals surface area contributed by atoms with Gasteiger partial charge in [0.15, 0.2) is 0 Å². The molecule has 2 aromatic rings. The molecular weight excluding hydrogens is 347 g/mol. The van der Waals surface area contributed by atoms with Crippen LogP contribution in [0.15, 0.2) is 42.6 Å². The van der Waals surface area contributed by atoms with E-state index in [9.17, 15) is 9.18 Å². The Labute approximate surface area is 158 Å². The molecule has 0 radical (unpaired) electrons. The first-order valence-corrected chi connectivity index (χ1v) is 9.02. The number of hydrogen-bond donors (Lipinski definition) is 1. The first-order chi connectivity index (χ1) is 12.8. The zero-order valence-corrected chi connectivity index (χ0v) is 15.9. The number of nitrogens with one attached hydrogen (secondary N) is 1. The lowest BCUT2D eigenvalue weighted by atomic mass is 10.2. The highest BCUT2D eigenvalue weighted by molar-refractivity contribution is 5.83. The Morgan fingerprint density at radius 2 is 1.56 bits per heavy atom. The van der Waals surface area contributed by atoms with E-state index in [0.717, 1.165) is 37.6 Å². The topological polar surface area (TPSA) is 57.7 Å². The quantitative estimate of drug-likeness (QED) is 0.886. The molecule has 1 saturated heterocycles. The van der Waals surface area contributed by atoms with Crippen molar-refractivity contribution < 1.29 is 13.9 Å². The van der Waals surface area contributed by atoms with Gasteiger partial charge in [0.25, 0.3) is 0 Å². The van der Waals surface area contributed by atoms with Gasteiger partial charge in [-0.2, -0.15) is 0 Å². The van der Waals surface area contributed by atoms with Crippen molar-refractivity contribution in [3.63, 3.8) is 0 Å². The maximum atomic E-state index is 13.1. The number of hydrogen-bond acceptors (Lipinski definition) is 5. The molecule has 1 aromatic carbocycles. The normalized spacial score (nSPS) is 14.8. The largest absolute Gasteiger partial charge is 0.444 e. The number of benzene rings is 1. The van der Waals surface area contributed by atoms with E-state index in [1.54, 1.807) is 12.3 Å². The van der Waals surface area contributed by atoms with Crippen LogP contribution >= 0.6 is 0 Å². The number of aromatic nitrogens is 1. The molecule has 0 saturated carbocycles. The van der Waals surface area contributed by atoms with Crippen LogP contribution in [0.25, 0.3) is 0 Å². The molecule has 1 fully saturated rings. The van der Waals surface area contributed by atoms with Crippen molar-refractivity contribution in [2.45, 2.75) is 26.4 Å². The molecule has 0 unspecified atom stereocenters. The molecule has 6 nitrogen and oxygen atoms in total. The molecule has 3 rings (SSSR count). The Morgan fingerprint density at radius 3 is 2.07 bits per heavy atom. The average molecular weight is 372 g/mol. The fourth-order valence-electron chi connectivity index (χ4n) is 2.93. The Morgan fingerprint density at radius 1 is 1.00 bits per heavy atom. The third kappa shape index (κ3) is 5.32. The van der Waals surface area contributed by atoms with Crippen LogP contribution < -0.4 is 15.1 Å². The predicted octanol–water partition coefficient (Wildman–Crippen LogP) is 3.89. The van der Waals surface area contributed by atoms with Crippen molar-refractivity contribution in [1.82, 2.24) is 4.98 Å². The van der Waals surface area contributed by atoms with Crippen LogP contribution in [0.4, 0.5) is 26.4 Å². The van der Waals surface area contributed by atoms with Crippen LogP contribution in [0, 0.1) is 5.82 Å². The number of carbonyl (C=O) groups excluding carboxylic acids is 1. The number of carbonyl (C=O) groups is 1. The molecule has 0 aliphatic carbocycles. The number of ether oxygens (including phenoxy) is 1. The fraction of sp³-hybridized carbons (Fsp3) is 0.400. The van der Waals surface area contributed by atoms with Crippen LogP contribution in [0.1, 0.15) is 20.8 Å². The van der Waals surface area contributed by atoms with Crippen molar-refractivity contribution in [3.05, 3.63) is 48.4 Å². The predicted molar refractivity (Wildman–Crippen MR) is 105 cm³/mol. The van der Waals surface area contributed by atoms with Gasteiger partial charge in [0.05, 0.1) is 11.9 Å². The number of anilines is 3. The van der Waals surface area contributed by atoms with Gasteiger partial charge < -0.3 is 14.5 Å². The zero-order chi connectivity index (χ0) is 19.4. The molecule has 2 heterocycles. The van der Waals surface area contributed by atoms with Crippen LogP contribution in [0.2, 0.25) is 0 Å². The minimum Gasteiger partial charge on any atom is -0.444 e. The van der Waals surface area contributed by atoms with E-state index in [1.807, 2.05) is 39.0 Å². The lowest BCUT2D eigenvalue weighted by molar-refractivity contribution is 0.0635. The van der Waals surface area contributed by atoms with E-state index in [0.29, 0.717) is 5.82 Å². The minimum atomic E-state index is -0.547. The Bertz CT molecular complexity index is 764. The highest BCUT2D eigenvalue weighted by atomic mass is 19.1. The molecule has 144 valence electrons. The summed E-state index contributed by atoms with van der Waals surface area (Å²) in [7, 11) is 0. The maximum Gasteiger partial charge on any atom is 0.413 e. The second-order valence-corrected chi connectivity index (χ2v) is 7.48. The van der Waals surface area contributed by atoms with E-state index in [1.165, 1.54) is 12.1 Å². The lowest BCUT2D eigenvalue weighted by Crippen LogP contribution is -2.46. The Balaban J connectivity index is 1.54. The summed E-state index contributed by atoms with van der Waals surface area (Å²) < 4.78 is 18.3. The van der Waals surface area contributed by atoms with E-state index < -0.39 is 11.7 Å². The van der Waals surface area contributed by atoms with Crippen LogP contribution in [-0.2, 0) is 4.74 Å². The number of nitrogens with zero attached hydrogens (tertiary/aromatic N) is 3. The van der Waals surface area contributed by atoms with E-state index >= 15 is 0 Å². The van der Waals surface area contributed by atoms with Crippen molar-refractivity contribution in [1.29, 1.82) is 0 Å². The van der Waals surface area contributed by atoms with Gasteiger partial charge >= 0.3 is 6.09 Å². The summed E-state index contributed by atoms with van der Waals surface area (Å²) >= 11 is 0. The minimum absolute atomic E-state index is 0.219. The summed E-state index contributed by atoms with van der Waals surface area (Å²) in [6.45, 7) is 8.83. The highest BCUT2D eigenvalue weighted by Gasteiger charge is 2.19. The zero-order valence-electron chi connectivity index (χ0n) is 15.9. The van der Waals surface area contributed by atoms with Crippen molar-refractivity contribution in [2.75, 3.05) is 41.3 Å². The molecule has 27 heavy (non-hydrogen) atoms. The third-order valence-corrected chi connectivity index (χ3v) is 4.21. The van der Waals surface area contributed by atoms with Crippen molar-refractivity contribution in [2.24, 2.45) is 0 Å². The molecular formula is C20H25FN4O2. The third-order valence-electron chi connectivity index (χ3n) is 4.21. The summed E-state index contributed by atoms with van der Waals surface area (Å²) in [5.74, 6) is 0.237. The highest BCUT2D eigenvalue weighted by Crippen LogP contribution is 2.21. The van der Waals surface area contributed by atoms with Crippen molar-refractivity contribution in [3.8, 4) is 0 Å². The SMILES string of the molecule is CC(C)(C)OC(=O)Nc1ccc(N2CCN(c3ccc(F)cc3)CC2)cn1. The summed E-state index contributed by atoms with van der Waals surface area (Å²) in [5.41, 5.74) is 1.49. The molecule has 0 bridgehead atoms. The average Bonchev–Trinajstić information content (AvgIpc) is 2.62. The number of amides is 1. The van der Waals surface area contributed by atoms with Gasteiger partial charge in [-0.15, -0.1) is 0 Å². The number of rotatable bonds is 3. The first-order valence-electron chi connectivity index (χ1n) is 9.02. The molecule has 1 aliphatic rings. The van der Waals surface area contributed by atoms with Crippen LogP contribution in [0.3, 0.4) is 0 Å². The van der Waals surface area contributed by atoms with Gasteiger partial charge in [0.2, 0.25) is 0 Å². The molecule has 0 atom stereocenters. The fourth-order valence-corrected chi connectivity index (χ4v) is 2.93. The van der Waals surface area contributed by atoms with Gasteiger partial charge in [-0.3, -0.25) is 5.32 Å². The first kappa shape index (κ1) is 18.9. The van der Waals surface area contributed by atoms with Crippen LogP contribution in [0.5, 0.6) is 0 Å². The number of pyridine rings is 1. The standard InChI is InChI=1S/C20H25FN4O2/c1-20(2,3)27-19(26)23-18-9-8-17(14-22-18)25-12-10-24(11-13-25)16-6-4-15(21)5-7-16/h4-9,14H,10-13H2,1-3H3,(H,22,23,26). The molecule has 1 amide bonds. The lowest BCUT2D eigenvalue weighted by Gasteiger charge is -2.37. The van der Waals surface area contributed by atoms with E-state index in [2.05, 4.69) is 20.1 Å². The van der Waals surface area contributed by atoms with Gasteiger partial charge in [-0.25, -0.2) is 14.2 Å². The van der Waals surface area contributed by atoms with E-state index in [4.69, 9.17) is 4.74 Å². The van der Waals surface area contributed by atoms with Crippen LogP contribution in [-0.4, -0.2) is 42.9 Å². The summed E-state index contributed by atoms with van der Waals surface area (Å²) in [6.07, 6.45) is 1.23. The maximum absolute atomic E-state index is 13.1. The Kier molecular flexibility index (Phi) is 5.48. The van der Waals surface area contributed by atoms with Gasteiger partial charge in [-0.05, 0) is 57.2 Å². The summed E-state index contributed by atoms with van der Waals surface area (Å²) in [5, 5.41) is 2.63. The summed E-state index contributed by atoms with van der Waals surface area (Å²) in [4.78, 5) is 20.6. The van der Waals surface area contributed by atoms with Gasteiger partial charge in [0.1, 0.15) is 17.2 Å². The second kappa shape index (κ2) is 7.82. The van der Waals surface area contributed by atoms with E-state index in [-0.39, 0.29) is 5.82 Å². The van der Waals surface area contributed by atoms with Gasteiger partial charge in [-0.1, -0.05) is 0 Å². The number of piperazine rings is 1. The van der Waals surface area contributed by atoms with Gasteiger partial charge in [0, 0.05) is 31.9 Å². The molecule has 1 aliphatic heterocycles. The Hall–Kier alpha value is -2.83. The molecule has 1 aromatic heterocycles. The monoisotopic (exact) mass is 372 g/mol.